The molecule has 0 spiro atoms. The molecule has 0 aliphatic carbocycles. The highest BCUT2D eigenvalue weighted by atomic mass is 79.9. The van der Waals surface area contributed by atoms with Gasteiger partial charge in [-0.3, -0.25) is 4.79 Å². The van der Waals surface area contributed by atoms with Gasteiger partial charge in [-0.2, -0.15) is 0 Å². The SMILES string of the molecule is Cc1ccc(NC(=O)c2cc(Br)cc3c2OCC3)cc1. The van der Waals surface area contributed by atoms with Crippen LogP contribution in [0.1, 0.15) is 21.5 Å². The second-order valence-corrected chi connectivity index (χ2v) is 5.78. The smallest absolute Gasteiger partial charge is 0.259 e. The monoisotopic (exact) mass is 331 g/mol. The van der Waals surface area contributed by atoms with Crippen molar-refractivity contribution in [3.63, 3.8) is 0 Å². The average molecular weight is 332 g/mol. The number of carbonyl (C=O) groups excluding carboxylic acids is 1. The molecule has 102 valence electrons. The molecule has 3 rings (SSSR count). The largest absolute Gasteiger partial charge is 0.492 e. The number of ether oxygens (including phenoxy) is 1. The second kappa shape index (κ2) is 5.29. The molecular formula is C16H14BrNO2. The van der Waals surface area contributed by atoms with E-state index >= 15 is 0 Å². The van der Waals surface area contributed by atoms with E-state index in [0.29, 0.717) is 17.9 Å². The molecule has 0 bridgehead atoms. The van der Waals surface area contributed by atoms with Gasteiger partial charge in [-0.05, 0) is 36.8 Å². The summed E-state index contributed by atoms with van der Waals surface area (Å²) in [5, 5.41) is 2.90. The van der Waals surface area contributed by atoms with Crippen molar-refractivity contribution < 1.29 is 9.53 Å². The van der Waals surface area contributed by atoms with Gasteiger partial charge in [0.15, 0.2) is 0 Å². The highest BCUT2D eigenvalue weighted by molar-refractivity contribution is 9.10. The van der Waals surface area contributed by atoms with Crippen LogP contribution in [0.25, 0.3) is 0 Å². The van der Waals surface area contributed by atoms with Crippen LogP contribution in [0.15, 0.2) is 40.9 Å². The Morgan fingerprint density at radius 3 is 2.75 bits per heavy atom. The highest BCUT2D eigenvalue weighted by Gasteiger charge is 2.21. The fourth-order valence-electron chi connectivity index (χ4n) is 2.27. The Kier molecular flexibility index (Phi) is 3.49. The topological polar surface area (TPSA) is 38.3 Å². The van der Waals surface area contributed by atoms with E-state index < -0.39 is 0 Å². The van der Waals surface area contributed by atoms with Gasteiger partial charge in [-0.1, -0.05) is 33.6 Å². The lowest BCUT2D eigenvalue weighted by Crippen LogP contribution is -2.13. The molecule has 1 N–H and O–H groups in total. The average Bonchev–Trinajstić information content (AvgIpc) is 2.88. The van der Waals surface area contributed by atoms with Gasteiger partial charge < -0.3 is 10.1 Å². The Morgan fingerprint density at radius 2 is 2.00 bits per heavy atom. The molecule has 4 heteroatoms. The lowest BCUT2D eigenvalue weighted by molar-refractivity contribution is 0.102. The lowest BCUT2D eigenvalue weighted by atomic mass is 10.1. The minimum atomic E-state index is -0.145. The zero-order chi connectivity index (χ0) is 14.1. The molecule has 0 atom stereocenters. The molecule has 2 aromatic carbocycles. The van der Waals surface area contributed by atoms with E-state index in [4.69, 9.17) is 4.74 Å². The lowest BCUT2D eigenvalue weighted by Gasteiger charge is -2.10. The molecule has 0 saturated heterocycles. The summed E-state index contributed by atoms with van der Waals surface area (Å²) in [6.07, 6.45) is 0.847. The maximum atomic E-state index is 12.4. The molecule has 1 amide bonds. The van der Waals surface area contributed by atoms with Gasteiger partial charge in [-0.25, -0.2) is 0 Å². The molecule has 1 aliphatic heterocycles. The molecule has 0 radical (unpaired) electrons. The first-order chi connectivity index (χ1) is 9.63. The summed E-state index contributed by atoms with van der Waals surface area (Å²) in [5.74, 6) is 0.561. The number of nitrogens with one attached hydrogen (secondary N) is 1. The van der Waals surface area contributed by atoms with E-state index in [1.54, 1.807) is 6.07 Å². The standard InChI is InChI=1S/C16H14BrNO2/c1-10-2-4-13(5-3-10)18-16(19)14-9-12(17)8-11-6-7-20-15(11)14/h2-5,8-9H,6-7H2,1H3,(H,18,19). The summed E-state index contributed by atoms with van der Waals surface area (Å²) < 4.78 is 6.48. The van der Waals surface area contributed by atoms with Gasteiger partial charge in [-0.15, -0.1) is 0 Å². The Morgan fingerprint density at radius 1 is 1.25 bits per heavy atom. The Bertz CT molecular complexity index is 665. The zero-order valence-electron chi connectivity index (χ0n) is 11.1. The second-order valence-electron chi connectivity index (χ2n) is 4.86. The van der Waals surface area contributed by atoms with Crippen molar-refractivity contribution in [1.82, 2.24) is 0 Å². The highest BCUT2D eigenvalue weighted by Crippen LogP contribution is 2.33. The molecule has 1 heterocycles. The number of rotatable bonds is 2. The van der Waals surface area contributed by atoms with E-state index in [1.165, 1.54) is 0 Å². The van der Waals surface area contributed by atoms with Gasteiger partial charge in [0.25, 0.3) is 5.91 Å². The Balaban J connectivity index is 1.89. The summed E-state index contributed by atoms with van der Waals surface area (Å²) in [7, 11) is 0. The van der Waals surface area contributed by atoms with Crippen LogP contribution >= 0.6 is 15.9 Å². The molecule has 0 unspecified atom stereocenters. The molecule has 20 heavy (non-hydrogen) atoms. The van der Waals surface area contributed by atoms with E-state index in [-0.39, 0.29) is 5.91 Å². The molecule has 0 saturated carbocycles. The van der Waals surface area contributed by atoms with Crippen molar-refractivity contribution in [3.05, 3.63) is 57.6 Å². The molecule has 3 nitrogen and oxygen atoms in total. The number of hydrogen-bond acceptors (Lipinski definition) is 2. The van der Waals surface area contributed by atoms with Crippen molar-refractivity contribution >= 4 is 27.5 Å². The zero-order valence-corrected chi connectivity index (χ0v) is 12.7. The third-order valence-corrected chi connectivity index (χ3v) is 3.76. The number of anilines is 1. The van der Waals surface area contributed by atoms with Gasteiger partial charge in [0, 0.05) is 16.6 Å². The number of aryl methyl sites for hydroxylation is 1. The Hall–Kier alpha value is -1.81. The van der Waals surface area contributed by atoms with E-state index in [9.17, 15) is 4.79 Å². The van der Waals surface area contributed by atoms with Gasteiger partial charge >= 0.3 is 0 Å². The molecule has 2 aromatic rings. The number of amides is 1. The number of benzene rings is 2. The third-order valence-electron chi connectivity index (χ3n) is 3.30. The van der Waals surface area contributed by atoms with Gasteiger partial charge in [0.05, 0.1) is 12.2 Å². The molecule has 0 aromatic heterocycles. The third kappa shape index (κ3) is 2.56. The number of carbonyl (C=O) groups is 1. The van der Waals surface area contributed by atoms with Crippen molar-refractivity contribution in [2.75, 3.05) is 11.9 Å². The summed E-state index contributed by atoms with van der Waals surface area (Å²) in [4.78, 5) is 12.4. The van der Waals surface area contributed by atoms with Crippen molar-refractivity contribution in [2.24, 2.45) is 0 Å². The van der Waals surface area contributed by atoms with Gasteiger partial charge in [0.2, 0.25) is 0 Å². The van der Waals surface area contributed by atoms with Crippen LogP contribution in [-0.4, -0.2) is 12.5 Å². The Labute approximate surface area is 126 Å². The van der Waals surface area contributed by atoms with Crippen LogP contribution < -0.4 is 10.1 Å². The predicted octanol–water partition coefficient (Wildman–Crippen LogP) is 3.94. The quantitative estimate of drug-likeness (QED) is 0.904. The number of halogens is 1. The predicted molar refractivity (Wildman–Crippen MR) is 82.5 cm³/mol. The van der Waals surface area contributed by atoms with Gasteiger partial charge in [0.1, 0.15) is 5.75 Å². The van der Waals surface area contributed by atoms with E-state index in [2.05, 4.69) is 21.2 Å². The number of hydrogen-bond donors (Lipinski definition) is 1. The first-order valence-corrected chi connectivity index (χ1v) is 7.26. The maximum Gasteiger partial charge on any atom is 0.259 e. The summed E-state index contributed by atoms with van der Waals surface area (Å²) in [6.45, 7) is 2.65. The minimum Gasteiger partial charge on any atom is -0.492 e. The molecular weight excluding hydrogens is 318 g/mol. The first-order valence-electron chi connectivity index (χ1n) is 6.47. The van der Waals surface area contributed by atoms with Crippen LogP contribution in [0.4, 0.5) is 5.69 Å². The van der Waals surface area contributed by atoms with Crippen LogP contribution in [0.2, 0.25) is 0 Å². The van der Waals surface area contributed by atoms with Crippen LogP contribution in [0.3, 0.4) is 0 Å². The van der Waals surface area contributed by atoms with Crippen LogP contribution in [0, 0.1) is 6.92 Å². The minimum absolute atomic E-state index is 0.145. The van der Waals surface area contributed by atoms with E-state index in [1.807, 2.05) is 37.3 Å². The normalized spacial score (nSPS) is 12.7. The summed E-state index contributed by atoms with van der Waals surface area (Å²) in [6, 6.07) is 11.5. The van der Waals surface area contributed by atoms with Crippen molar-refractivity contribution in [1.29, 1.82) is 0 Å². The van der Waals surface area contributed by atoms with Crippen LogP contribution in [0.5, 0.6) is 5.75 Å². The van der Waals surface area contributed by atoms with Crippen molar-refractivity contribution in [2.45, 2.75) is 13.3 Å². The van der Waals surface area contributed by atoms with Crippen LogP contribution in [-0.2, 0) is 6.42 Å². The summed E-state index contributed by atoms with van der Waals surface area (Å²) >= 11 is 3.44. The first kappa shape index (κ1) is 13.2. The molecule has 0 fully saturated rings. The fourth-order valence-corrected chi connectivity index (χ4v) is 2.78. The fraction of sp³-hybridized carbons (Fsp3) is 0.188. The number of fused-ring (bicyclic) bond motifs is 1. The maximum absolute atomic E-state index is 12.4. The van der Waals surface area contributed by atoms with E-state index in [0.717, 1.165) is 27.7 Å². The summed E-state index contributed by atoms with van der Waals surface area (Å²) in [5.41, 5.74) is 3.60. The van der Waals surface area contributed by atoms with Crippen molar-refractivity contribution in [3.8, 4) is 5.75 Å². The molecule has 1 aliphatic rings.